The lowest BCUT2D eigenvalue weighted by atomic mass is 10.2. The third-order valence-electron chi connectivity index (χ3n) is 6.85. The van der Waals surface area contributed by atoms with Crippen LogP contribution in [0.15, 0.2) is 73.1 Å². The maximum atomic E-state index is 15.0. The highest BCUT2D eigenvalue weighted by Crippen LogP contribution is 2.48. The van der Waals surface area contributed by atoms with Crippen LogP contribution in [0.25, 0.3) is 11.3 Å². The number of fused-ring (bicyclic) bond motifs is 1. The zero-order valence-electron chi connectivity index (χ0n) is 20.6. The highest BCUT2D eigenvalue weighted by atomic mass is 32.2. The molecule has 1 aliphatic heterocycles. The molecule has 1 saturated carbocycles. The lowest BCUT2D eigenvalue weighted by Crippen LogP contribution is -2.30. The van der Waals surface area contributed by atoms with Gasteiger partial charge in [0.05, 0.1) is 28.2 Å². The number of halogens is 2. The lowest BCUT2D eigenvalue weighted by Gasteiger charge is -2.15. The molecule has 2 aromatic heterocycles. The largest absolute Gasteiger partial charge is 0.435 e. The van der Waals surface area contributed by atoms with Crippen LogP contribution < -0.4 is 20.1 Å². The summed E-state index contributed by atoms with van der Waals surface area (Å²) < 4.78 is 62.7. The molecule has 3 heterocycles. The molecule has 1 aliphatic carbocycles. The molecule has 12 heteroatoms. The third kappa shape index (κ3) is 5.25. The fourth-order valence-electron chi connectivity index (χ4n) is 4.78. The van der Waals surface area contributed by atoms with Crippen molar-refractivity contribution in [3.05, 3.63) is 90.3 Å². The van der Waals surface area contributed by atoms with Crippen LogP contribution in [-0.4, -0.2) is 42.0 Å². The smallest absolute Gasteiger partial charge is 0.237 e. The molecule has 0 radical (unpaired) electrons. The third-order valence-corrected chi connectivity index (χ3v) is 8.09. The Balaban J connectivity index is 1.22. The second-order valence-corrected chi connectivity index (χ2v) is 11.3. The number of anilines is 2. The van der Waals surface area contributed by atoms with Gasteiger partial charge in [-0.1, -0.05) is 30.3 Å². The van der Waals surface area contributed by atoms with Gasteiger partial charge in [0.15, 0.2) is 11.6 Å². The minimum atomic E-state index is -3.99. The quantitative estimate of drug-likeness (QED) is 0.282. The van der Waals surface area contributed by atoms with E-state index in [4.69, 9.17) is 4.74 Å². The summed E-state index contributed by atoms with van der Waals surface area (Å²) >= 11 is 0. The number of ether oxygens (including phenoxy) is 1. The first kappa shape index (κ1) is 25.1. The van der Waals surface area contributed by atoms with Crippen molar-refractivity contribution in [1.29, 1.82) is 0 Å². The Hall–Kier alpha value is -4.16. The molecule has 2 aliphatic rings. The Bertz CT molecular complexity index is 1640. The van der Waals surface area contributed by atoms with E-state index in [2.05, 4.69) is 30.3 Å². The standard InChI is InChI=1S/C27H24F2N6O3S/c28-23-21(35-39(36,37)15-17-5-2-1-3-6-17)8-9-22(24(23)29)38-25-19(7-4-11-31-25)20-10-12-32-26(33-20)34-27-13-18(27)14-30-16-27/h1-12,18,30,35H,13-16H2,(H,32,33,34)/t18-,27-/m0/s1. The van der Waals surface area contributed by atoms with Gasteiger partial charge in [0.2, 0.25) is 27.7 Å². The highest BCUT2D eigenvalue weighted by molar-refractivity contribution is 7.91. The number of benzene rings is 2. The van der Waals surface area contributed by atoms with Gasteiger partial charge >= 0.3 is 0 Å². The van der Waals surface area contributed by atoms with Gasteiger partial charge in [0.25, 0.3) is 0 Å². The second-order valence-electron chi connectivity index (χ2n) is 9.62. The minimum Gasteiger partial charge on any atom is -0.435 e. The molecule has 2 fully saturated rings. The predicted octanol–water partition coefficient (Wildman–Crippen LogP) is 4.32. The zero-order chi connectivity index (χ0) is 27.0. The second kappa shape index (κ2) is 9.86. The fourth-order valence-corrected chi connectivity index (χ4v) is 5.98. The number of rotatable bonds is 9. The summed E-state index contributed by atoms with van der Waals surface area (Å²) in [5.74, 6) is -2.59. The Morgan fingerprint density at radius 2 is 1.85 bits per heavy atom. The summed E-state index contributed by atoms with van der Waals surface area (Å²) in [6, 6.07) is 15.7. The topological polar surface area (TPSA) is 118 Å². The molecule has 0 bridgehead atoms. The van der Waals surface area contributed by atoms with Crippen molar-refractivity contribution in [1.82, 2.24) is 20.3 Å². The number of sulfonamides is 1. The summed E-state index contributed by atoms with van der Waals surface area (Å²) in [4.78, 5) is 13.1. The van der Waals surface area contributed by atoms with E-state index < -0.39 is 38.8 Å². The zero-order valence-corrected chi connectivity index (χ0v) is 21.4. The molecule has 6 rings (SSSR count). The summed E-state index contributed by atoms with van der Waals surface area (Å²) in [5, 5.41) is 6.77. The number of aromatic nitrogens is 3. The van der Waals surface area contributed by atoms with Crippen LogP contribution >= 0.6 is 0 Å². The number of hydrogen-bond donors (Lipinski definition) is 3. The van der Waals surface area contributed by atoms with Gasteiger partial charge in [-0.2, -0.15) is 4.39 Å². The van der Waals surface area contributed by atoms with Gasteiger partial charge < -0.3 is 15.4 Å². The highest BCUT2D eigenvalue weighted by Gasteiger charge is 2.57. The molecule has 3 N–H and O–H groups in total. The molecular weight excluding hydrogens is 526 g/mol. The van der Waals surface area contributed by atoms with E-state index in [1.54, 1.807) is 54.7 Å². The molecule has 4 aromatic rings. The molecule has 39 heavy (non-hydrogen) atoms. The number of piperidine rings is 1. The van der Waals surface area contributed by atoms with Crippen LogP contribution in [0.3, 0.4) is 0 Å². The maximum Gasteiger partial charge on any atom is 0.237 e. The molecule has 0 spiro atoms. The fraction of sp³-hybridized carbons (Fsp3) is 0.222. The summed E-state index contributed by atoms with van der Waals surface area (Å²) in [6.07, 6.45) is 4.12. The van der Waals surface area contributed by atoms with E-state index in [1.807, 2.05) is 0 Å². The van der Waals surface area contributed by atoms with Crippen LogP contribution in [0.2, 0.25) is 0 Å². The van der Waals surface area contributed by atoms with Crippen LogP contribution in [0, 0.1) is 17.6 Å². The van der Waals surface area contributed by atoms with E-state index in [9.17, 15) is 12.8 Å². The predicted molar refractivity (Wildman–Crippen MR) is 142 cm³/mol. The van der Waals surface area contributed by atoms with Crippen LogP contribution in [-0.2, 0) is 15.8 Å². The van der Waals surface area contributed by atoms with Gasteiger partial charge in [-0.15, -0.1) is 0 Å². The average molecular weight is 551 g/mol. The summed E-state index contributed by atoms with van der Waals surface area (Å²) in [5.41, 5.74) is 0.889. The van der Waals surface area contributed by atoms with Crippen molar-refractivity contribution in [2.75, 3.05) is 23.1 Å². The molecule has 1 saturated heterocycles. The summed E-state index contributed by atoms with van der Waals surface area (Å²) in [7, 11) is -3.99. The molecule has 9 nitrogen and oxygen atoms in total. The number of nitrogens with one attached hydrogen (secondary N) is 3. The van der Waals surface area contributed by atoms with Gasteiger partial charge in [-0.05, 0) is 48.2 Å². The van der Waals surface area contributed by atoms with E-state index >= 15 is 4.39 Å². The van der Waals surface area contributed by atoms with Gasteiger partial charge in [0, 0.05) is 25.5 Å². The van der Waals surface area contributed by atoms with Crippen molar-refractivity contribution in [2.24, 2.45) is 5.92 Å². The first-order valence-corrected chi connectivity index (χ1v) is 13.9. The minimum absolute atomic E-state index is 0.00264. The molecule has 2 atom stereocenters. The van der Waals surface area contributed by atoms with Crippen LogP contribution in [0.4, 0.5) is 20.4 Å². The molecule has 200 valence electrons. The van der Waals surface area contributed by atoms with E-state index in [-0.39, 0.29) is 11.4 Å². The normalized spacial score (nSPS) is 19.8. The van der Waals surface area contributed by atoms with E-state index in [0.717, 1.165) is 31.6 Å². The summed E-state index contributed by atoms with van der Waals surface area (Å²) in [6.45, 7) is 1.80. The Morgan fingerprint density at radius 1 is 1.00 bits per heavy atom. The van der Waals surface area contributed by atoms with Gasteiger partial charge in [0.1, 0.15) is 0 Å². The average Bonchev–Trinajstić information content (AvgIpc) is 3.46. The van der Waals surface area contributed by atoms with E-state index in [0.29, 0.717) is 28.7 Å². The van der Waals surface area contributed by atoms with E-state index in [1.165, 1.54) is 6.20 Å². The number of pyridine rings is 1. The van der Waals surface area contributed by atoms with Gasteiger partial charge in [-0.25, -0.2) is 27.8 Å². The molecular formula is C27H24F2N6O3S. The van der Waals surface area contributed by atoms with Crippen molar-refractivity contribution < 1.29 is 21.9 Å². The SMILES string of the molecule is O=S(=O)(Cc1ccccc1)Nc1ccc(Oc2ncccc2-c2ccnc(N[C@@]34CNC[C@@H]3C4)n2)c(F)c1F. The lowest BCUT2D eigenvalue weighted by molar-refractivity contribution is 0.407. The van der Waals surface area contributed by atoms with Crippen molar-refractivity contribution >= 4 is 21.7 Å². The van der Waals surface area contributed by atoms with Crippen molar-refractivity contribution in [2.45, 2.75) is 17.7 Å². The first-order valence-electron chi connectivity index (χ1n) is 12.3. The van der Waals surface area contributed by atoms with Crippen molar-refractivity contribution in [3.63, 3.8) is 0 Å². The number of hydrogen-bond acceptors (Lipinski definition) is 8. The Kier molecular flexibility index (Phi) is 6.35. The van der Waals surface area contributed by atoms with Gasteiger partial charge in [-0.3, -0.25) is 4.72 Å². The van der Waals surface area contributed by atoms with Crippen LogP contribution in [0.5, 0.6) is 11.6 Å². The Labute approximate surface area is 223 Å². The van der Waals surface area contributed by atoms with Crippen molar-refractivity contribution in [3.8, 4) is 22.9 Å². The maximum absolute atomic E-state index is 15.0. The number of nitrogens with zero attached hydrogens (tertiary/aromatic N) is 3. The molecule has 0 amide bonds. The Morgan fingerprint density at radius 3 is 2.62 bits per heavy atom. The monoisotopic (exact) mass is 550 g/mol. The molecule has 2 aromatic carbocycles. The van der Waals surface area contributed by atoms with Crippen LogP contribution in [0.1, 0.15) is 12.0 Å². The molecule has 0 unspecified atom stereocenters. The first-order chi connectivity index (χ1) is 18.8.